The Hall–Kier alpha value is -2.63. The van der Waals surface area contributed by atoms with Crippen molar-refractivity contribution < 1.29 is 13.2 Å². The van der Waals surface area contributed by atoms with Gasteiger partial charge in [0.05, 0.1) is 5.69 Å². The smallest absolute Gasteiger partial charge is 0.273 e. The van der Waals surface area contributed by atoms with Crippen LogP contribution in [-0.2, 0) is 6.18 Å². The van der Waals surface area contributed by atoms with E-state index in [2.05, 4.69) is 10.1 Å². The third-order valence-corrected chi connectivity index (χ3v) is 3.69. The summed E-state index contributed by atoms with van der Waals surface area (Å²) in [6.07, 6.45) is -2.77. The highest BCUT2D eigenvalue weighted by Gasteiger charge is 2.33. The van der Waals surface area contributed by atoms with Crippen molar-refractivity contribution in [1.82, 2.24) is 15.2 Å². The minimum Gasteiger partial charge on any atom is -0.273 e. The number of nitrogens with zero attached hydrogens (tertiary/aromatic N) is 2. The lowest BCUT2D eigenvalue weighted by Gasteiger charge is -2.09. The number of aryl methyl sites for hydroxylation is 2. The second-order valence-corrected chi connectivity index (χ2v) is 5.36. The Kier molecular flexibility index (Phi) is 3.67. The molecule has 0 fully saturated rings. The molecule has 2 heterocycles. The number of alkyl halides is 3. The predicted molar refractivity (Wildman–Crippen MR) is 81.7 cm³/mol. The van der Waals surface area contributed by atoms with E-state index in [0.717, 1.165) is 28.3 Å². The van der Waals surface area contributed by atoms with Crippen LogP contribution in [0.25, 0.3) is 22.5 Å². The number of halogens is 3. The van der Waals surface area contributed by atoms with E-state index in [1.807, 2.05) is 43.2 Å². The number of H-pyrrole nitrogens is 1. The van der Waals surface area contributed by atoms with Gasteiger partial charge < -0.3 is 0 Å². The van der Waals surface area contributed by atoms with E-state index in [4.69, 9.17) is 0 Å². The van der Waals surface area contributed by atoms with E-state index < -0.39 is 11.9 Å². The zero-order valence-electron chi connectivity index (χ0n) is 12.6. The molecule has 1 N–H and O–H groups in total. The van der Waals surface area contributed by atoms with Gasteiger partial charge in [-0.25, -0.2) is 0 Å². The van der Waals surface area contributed by atoms with Gasteiger partial charge in [-0.05, 0) is 42.7 Å². The molecular weight excluding hydrogens is 303 g/mol. The van der Waals surface area contributed by atoms with Crippen LogP contribution in [0.5, 0.6) is 0 Å². The zero-order valence-corrected chi connectivity index (χ0v) is 12.6. The fourth-order valence-corrected chi connectivity index (χ4v) is 2.45. The molecule has 0 aliphatic rings. The minimum absolute atomic E-state index is 0.178. The molecule has 0 aliphatic carbocycles. The second-order valence-electron chi connectivity index (χ2n) is 5.36. The molecule has 0 spiro atoms. The van der Waals surface area contributed by atoms with Crippen LogP contribution in [0.1, 0.15) is 16.8 Å². The summed E-state index contributed by atoms with van der Waals surface area (Å²) in [4.78, 5) is 4.27. The maximum Gasteiger partial charge on any atom is 0.432 e. The molecule has 0 saturated carbocycles. The van der Waals surface area contributed by atoms with E-state index in [1.54, 1.807) is 12.3 Å². The van der Waals surface area contributed by atoms with Gasteiger partial charge >= 0.3 is 6.18 Å². The van der Waals surface area contributed by atoms with Crippen LogP contribution >= 0.6 is 0 Å². The largest absolute Gasteiger partial charge is 0.432 e. The maximum absolute atomic E-state index is 12.6. The van der Waals surface area contributed by atoms with Gasteiger partial charge in [0.1, 0.15) is 11.4 Å². The SMILES string of the molecule is Cc1ccccc1-c1cnc(-c2cc(C(F)(F)F)[nH]n2)cc1C. The average molecular weight is 317 g/mol. The lowest BCUT2D eigenvalue weighted by molar-refractivity contribution is -0.141. The fraction of sp³-hybridized carbons (Fsp3) is 0.176. The molecule has 3 rings (SSSR count). The summed E-state index contributed by atoms with van der Waals surface area (Å²) in [6, 6.07) is 10.6. The van der Waals surface area contributed by atoms with Gasteiger partial charge in [0, 0.05) is 11.8 Å². The van der Waals surface area contributed by atoms with E-state index in [-0.39, 0.29) is 5.69 Å². The summed E-state index contributed by atoms with van der Waals surface area (Å²) in [5.74, 6) is 0. The molecule has 1 aromatic carbocycles. The lowest BCUT2D eigenvalue weighted by atomic mass is 9.98. The van der Waals surface area contributed by atoms with Crippen LogP contribution in [-0.4, -0.2) is 15.2 Å². The first-order chi connectivity index (χ1) is 10.9. The first-order valence-corrected chi connectivity index (χ1v) is 7.02. The molecule has 3 nitrogen and oxygen atoms in total. The number of hydrogen-bond donors (Lipinski definition) is 1. The molecule has 0 atom stereocenters. The molecule has 0 saturated heterocycles. The fourth-order valence-electron chi connectivity index (χ4n) is 2.45. The second kappa shape index (κ2) is 5.53. The Morgan fingerprint density at radius 2 is 1.65 bits per heavy atom. The van der Waals surface area contributed by atoms with E-state index in [1.165, 1.54) is 0 Å². The van der Waals surface area contributed by atoms with Gasteiger partial charge in [-0.3, -0.25) is 10.1 Å². The molecule has 6 heteroatoms. The van der Waals surface area contributed by atoms with Crippen molar-refractivity contribution in [3.8, 4) is 22.5 Å². The molecule has 0 amide bonds. The molecule has 23 heavy (non-hydrogen) atoms. The molecule has 118 valence electrons. The number of rotatable bonds is 2. The highest BCUT2D eigenvalue weighted by Crippen LogP contribution is 2.31. The van der Waals surface area contributed by atoms with E-state index in [0.29, 0.717) is 5.69 Å². The Morgan fingerprint density at radius 3 is 2.26 bits per heavy atom. The summed E-state index contributed by atoms with van der Waals surface area (Å²) in [5, 5.41) is 5.71. The van der Waals surface area contributed by atoms with Crippen LogP contribution in [0.3, 0.4) is 0 Å². The molecular formula is C17H14F3N3. The summed E-state index contributed by atoms with van der Waals surface area (Å²) in [7, 11) is 0. The van der Waals surface area contributed by atoms with Gasteiger partial charge in [0.25, 0.3) is 0 Å². The summed E-state index contributed by atoms with van der Waals surface area (Å²) in [6.45, 7) is 3.91. The van der Waals surface area contributed by atoms with Crippen molar-refractivity contribution >= 4 is 0 Å². The average Bonchev–Trinajstić information content (AvgIpc) is 2.98. The highest BCUT2D eigenvalue weighted by atomic mass is 19.4. The topological polar surface area (TPSA) is 41.6 Å². The number of aromatic nitrogens is 3. The van der Waals surface area contributed by atoms with Crippen molar-refractivity contribution in [3.05, 3.63) is 59.4 Å². The monoisotopic (exact) mass is 317 g/mol. The van der Waals surface area contributed by atoms with Crippen LogP contribution in [0.4, 0.5) is 13.2 Å². The maximum atomic E-state index is 12.6. The number of hydrogen-bond acceptors (Lipinski definition) is 2. The number of pyridine rings is 1. The molecule has 3 aromatic rings. The first kappa shape index (κ1) is 15.3. The van der Waals surface area contributed by atoms with Gasteiger partial charge in [0.15, 0.2) is 0 Å². The third kappa shape index (κ3) is 2.97. The number of benzene rings is 1. The summed E-state index contributed by atoms with van der Waals surface area (Å²) in [5.41, 5.74) is 3.77. The molecule has 0 aliphatic heterocycles. The Labute approximate surface area is 131 Å². The van der Waals surface area contributed by atoms with E-state index >= 15 is 0 Å². The van der Waals surface area contributed by atoms with Crippen molar-refractivity contribution in [3.63, 3.8) is 0 Å². The van der Waals surface area contributed by atoms with Crippen LogP contribution in [0, 0.1) is 13.8 Å². The summed E-state index contributed by atoms with van der Waals surface area (Å²) < 4.78 is 37.9. The zero-order chi connectivity index (χ0) is 16.6. The molecule has 0 unspecified atom stereocenters. The molecule has 0 bridgehead atoms. The number of nitrogens with one attached hydrogen (secondary N) is 1. The van der Waals surface area contributed by atoms with Crippen LogP contribution in [0.15, 0.2) is 42.6 Å². The normalized spacial score (nSPS) is 11.7. The lowest BCUT2D eigenvalue weighted by Crippen LogP contribution is -2.04. The van der Waals surface area contributed by atoms with Crippen molar-refractivity contribution in [1.29, 1.82) is 0 Å². The molecule has 2 aromatic heterocycles. The quantitative estimate of drug-likeness (QED) is 0.739. The van der Waals surface area contributed by atoms with E-state index in [9.17, 15) is 13.2 Å². The number of aromatic amines is 1. The van der Waals surface area contributed by atoms with Gasteiger partial charge in [-0.1, -0.05) is 24.3 Å². The van der Waals surface area contributed by atoms with Gasteiger partial charge in [0.2, 0.25) is 0 Å². The van der Waals surface area contributed by atoms with Gasteiger partial charge in [-0.15, -0.1) is 0 Å². The third-order valence-electron chi connectivity index (χ3n) is 3.69. The minimum atomic E-state index is -4.44. The van der Waals surface area contributed by atoms with Gasteiger partial charge in [-0.2, -0.15) is 18.3 Å². The summed E-state index contributed by atoms with van der Waals surface area (Å²) >= 11 is 0. The van der Waals surface area contributed by atoms with Crippen molar-refractivity contribution in [2.75, 3.05) is 0 Å². The molecule has 0 radical (unpaired) electrons. The Bertz CT molecular complexity index is 850. The van der Waals surface area contributed by atoms with Crippen molar-refractivity contribution in [2.24, 2.45) is 0 Å². The Balaban J connectivity index is 2.00. The Morgan fingerprint density at radius 1 is 0.913 bits per heavy atom. The van der Waals surface area contributed by atoms with Crippen LogP contribution < -0.4 is 0 Å². The first-order valence-electron chi connectivity index (χ1n) is 7.02. The van der Waals surface area contributed by atoms with Crippen molar-refractivity contribution in [2.45, 2.75) is 20.0 Å². The van der Waals surface area contributed by atoms with Crippen LogP contribution in [0.2, 0.25) is 0 Å². The standard InChI is InChI=1S/C17H14F3N3/c1-10-5-3-4-6-12(10)13-9-21-14(7-11(13)2)15-8-16(23-22-15)17(18,19)20/h3-9H,1-2H3,(H,22,23). The predicted octanol–water partition coefficient (Wildman–Crippen LogP) is 4.77. The highest BCUT2D eigenvalue weighted by molar-refractivity contribution is 5.71.